The van der Waals surface area contributed by atoms with Crippen LogP contribution in [-0.4, -0.2) is 80.3 Å². The van der Waals surface area contributed by atoms with Gasteiger partial charge in [0.05, 0.1) is 23.6 Å². The van der Waals surface area contributed by atoms with Gasteiger partial charge in [0.1, 0.15) is 43.6 Å². The Labute approximate surface area is 299 Å². The molecular weight excluding hydrogens is 674 g/mol. The summed E-state index contributed by atoms with van der Waals surface area (Å²) in [6, 6.07) is 6.32. The minimum Gasteiger partial charge on any atom is -0.480 e. The first kappa shape index (κ1) is 36.9. The van der Waals surface area contributed by atoms with Crippen molar-refractivity contribution in [2.24, 2.45) is 0 Å². The summed E-state index contributed by atoms with van der Waals surface area (Å²) < 4.78 is 70.1. The quantitative estimate of drug-likeness (QED) is 0.0866. The number of aromatic nitrogens is 3. The summed E-state index contributed by atoms with van der Waals surface area (Å²) in [6.45, 7) is 14.5. The maximum Gasteiger partial charge on any atom is 0.317 e. The molecule has 2 atom stereocenters. The highest BCUT2D eigenvalue weighted by Gasteiger charge is 2.49. The number of rotatable bonds is 11. The standard InChI is InChI=1S/C39H47F3N4O4Si/c1-23(2)51(24(3)4,25(5)6)15-12-29-32(41)11-10-26-16-28(50-22-47-7)17-30(33(26)29)35-34(42)36-31(37(44-35)48-8)19-43-38(45-36)49-21-39-13-9-14-46(39)20-27(40)18-39/h10-11,16-17,19,23-25,27H,9,13-14,18,20-22H2,1-8H3/t27-,39+/m1/s1. The van der Waals surface area contributed by atoms with E-state index in [1.54, 1.807) is 18.2 Å². The van der Waals surface area contributed by atoms with Crippen molar-refractivity contribution in [1.29, 1.82) is 0 Å². The average Bonchev–Trinajstić information content (AvgIpc) is 3.62. The van der Waals surface area contributed by atoms with Gasteiger partial charge < -0.3 is 18.9 Å². The van der Waals surface area contributed by atoms with E-state index >= 15 is 8.78 Å². The number of methoxy groups -OCH3 is 2. The van der Waals surface area contributed by atoms with Gasteiger partial charge in [0.2, 0.25) is 5.88 Å². The van der Waals surface area contributed by atoms with Gasteiger partial charge in [0.15, 0.2) is 12.6 Å². The summed E-state index contributed by atoms with van der Waals surface area (Å²) >= 11 is 0. The molecule has 12 heteroatoms. The van der Waals surface area contributed by atoms with E-state index in [0.29, 0.717) is 46.1 Å². The first-order valence-electron chi connectivity index (χ1n) is 17.7. The molecule has 4 heterocycles. The number of pyridine rings is 1. The molecule has 2 aliphatic heterocycles. The topological polar surface area (TPSA) is 78.8 Å². The van der Waals surface area contributed by atoms with Crippen molar-refractivity contribution in [3.63, 3.8) is 0 Å². The van der Waals surface area contributed by atoms with E-state index in [4.69, 9.17) is 18.9 Å². The van der Waals surface area contributed by atoms with Gasteiger partial charge in [-0.15, -0.1) is 5.54 Å². The van der Waals surface area contributed by atoms with Crippen LogP contribution in [0.1, 0.15) is 66.4 Å². The third-order valence-electron chi connectivity index (χ3n) is 11.0. The number of nitrogens with zero attached hydrogens (tertiary/aromatic N) is 4. The summed E-state index contributed by atoms with van der Waals surface area (Å²) in [7, 11) is 0.649. The van der Waals surface area contributed by atoms with Gasteiger partial charge in [0.25, 0.3) is 0 Å². The molecule has 0 aliphatic carbocycles. The Kier molecular flexibility index (Phi) is 10.6. The second kappa shape index (κ2) is 14.6. The predicted molar refractivity (Wildman–Crippen MR) is 196 cm³/mol. The van der Waals surface area contributed by atoms with Crippen LogP contribution in [0, 0.1) is 23.1 Å². The van der Waals surface area contributed by atoms with E-state index in [1.165, 1.54) is 26.5 Å². The largest absolute Gasteiger partial charge is 0.480 e. The van der Waals surface area contributed by atoms with E-state index in [0.717, 1.165) is 19.4 Å². The lowest BCUT2D eigenvalue weighted by molar-refractivity contribution is 0.0512. The normalized spacial score (nSPS) is 19.3. The third kappa shape index (κ3) is 6.64. The van der Waals surface area contributed by atoms with E-state index in [-0.39, 0.29) is 53.0 Å². The zero-order valence-electron chi connectivity index (χ0n) is 30.7. The smallest absolute Gasteiger partial charge is 0.317 e. The number of fused-ring (bicyclic) bond motifs is 3. The van der Waals surface area contributed by atoms with E-state index in [2.05, 4.69) is 72.9 Å². The Bertz CT molecular complexity index is 1980. The zero-order valence-corrected chi connectivity index (χ0v) is 31.7. The molecular formula is C39H47F3N4O4Si. The SMILES string of the molecule is COCOc1cc(-c2nc(OC)c3cnc(OC[C@@]45CCCN4C[C@H](F)C5)nc3c2F)c2c(C#C[Si](C(C)C)(C(C)C)C(C)C)c(F)ccc2c1. The molecule has 2 aliphatic rings. The second-order valence-corrected chi connectivity index (χ2v) is 20.3. The van der Waals surface area contributed by atoms with Crippen molar-refractivity contribution in [3.8, 4) is 40.4 Å². The lowest BCUT2D eigenvalue weighted by atomic mass is 9.95. The summed E-state index contributed by atoms with van der Waals surface area (Å²) in [5.74, 6) is 2.45. The Morgan fingerprint density at radius 1 is 1.02 bits per heavy atom. The number of ether oxygens (including phenoxy) is 4. The number of alkyl halides is 1. The molecule has 8 nitrogen and oxygen atoms in total. The summed E-state index contributed by atoms with van der Waals surface area (Å²) in [6.07, 6.45) is 2.64. The molecule has 51 heavy (non-hydrogen) atoms. The van der Waals surface area contributed by atoms with Gasteiger partial charge in [-0.25, -0.2) is 23.1 Å². The van der Waals surface area contributed by atoms with Crippen molar-refractivity contribution in [2.75, 3.05) is 40.7 Å². The molecule has 2 fully saturated rings. The summed E-state index contributed by atoms with van der Waals surface area (Å²) in [4.78, 5) is 15.6. The van der Waals surface area contributed by atoms with Gasteiger partial charge in [-0.1, -0.05) is 53.5 Å². The fourth-order valence-corrected chi connectivity index (χ4v) is 13.8. The Hall–Kier alpha value is -3.92. The minimum atomic E-state index is -2.28. The van der Waals surface area contributed by atoms with Crippen LogP contribution in [0.25, 0.3) is 32.9 Å². The molecule has 0 spiro atoms. The molecule has 0 unspecified atom stereocenters. The average molecular weight is 721 g/mol. The maximum absolute atomic E-state index is 17.0. The zero-order chi connectivity index (χ0) is 36.7. The van der Waals surface area contributed by atoms with E-state index < -0.39 is 31.4 Å². The molecule has 0 bridgehead atoms. The van der Waals surface area contributed by atoms with Crippen molar-refractivity contribution in [3.05, 3.63) is 47.7 Å². The van der Waals surface area contributed by atoms with Crippen molar-refractivity contribution >= 4 is 29.7 Å². The maximum atomic E-state index is 17.0. The molecule has 2 saturated heterocycles. The second-order valence-electron chi connectivity index (χ2n) is 14.8. The lowest BCUT2D eigenvalue weighted by Crippen LogP contribution is -2.43. The van der Waals surface area contributed by atoms with Crippen LogP contribution in [-0.2, 0) is 4.74 Å². The Morgan fingerprint density at radius 2 is 1.76 bits per heavy atom. The highest BCUT2D eigenvalue weighted by Crippen LogP contribution is 2.43. The molecule has 0 N–H and O–H groups in total. The van der Waals surface area contributed by atoms with Crippen LogP contribution >= 0.6 is 0 Å². The number of hydrogen-bond acceptors (Lipinski definition) is 8. The Balaban J connectivity index is 1.54. The molecule has 272 valence electrons. The van der Waals surface area contributed by atoms with Crippen LogP contribution in [0.4, 0.5) is 13.2 Å². The van der Waals surface area contributed by atoms with E-state index in [1.807, 2.05) is 0 Å². The van der Waals surface area contributed by atoms with Crippen LogP contribution < -0.4 is 14.2 Å². The first-order valence-corrected chi connectivity index (χ1v) is 19.9. The lowest BCUT2D eigenvalue weighted by Gasteiger charge is -2.38. The van der Waals surface area contributed by atoms with Crippen molar-refractivity contribution in [1.82, 2.24) is 19.9 Å². The molecule has 0 radical (unpaired) electrons. The molecule has 2 aromatic carbocycles. The highest BCUT2D eigenvalue weighted by atomic mass is 28.3. The van der Waals surface area contributed by atoms with E-state index in [9.17, 15) is 4.39 Å². The fraction of sp³-hybridized carbons (Fsp3) is 0.513. The van der Waals surface area contributed by atoms with Gasteiger partial charge in [0, 0.05) is 37.2 Å². The van der Waals surface area contributed by atoms with Gasteiger partial charge in [-0.05, 0) is 59.6 Å². The van der Waals surface area contributed by atoms with Gasteiger partial charge in [-0.2, -0.15) is 4.98 Å². The van der Waals surface area contributed by atoms with Crippen LogP contribution in [0.5, 0.6) is 17.6 Å². The van der Waals surface area contributed by atoms with Crippen LogP contribution in [0.15, 0.2) is 30.5 Å². The molecule has 0 amide bonds. The molecule has 4 aromatic rings. The Morgan fingerprint density at radius 3 is 2.45 bits per heavy atom. The predicted octanol–water partition coefficient (Wildman–Crippen LogP) is 8.64. The van der Waals surface area contributed by atoms with Gasteiger partial charge in [-0.3, -0.25) is 4.90 Å². The monoisotopic (exact) mass is 720 g/mol. The fourth-order valence-electron chi connectivity index (χ4n) is 8.60. The number of halogens is 3. The summed E-state index contributed by atoms with van der Waals surface area (Å²) in [5.41, 5.74) is 4.38. The molecule has 6 rings (SSSR count). The van der Waals surface area contributed by atoms with Gasteiger partial charge >= 0.3 is 6.01 Å². The number of benzene rings is 2. The van der Waals surface area contributed by atoms with Crippen LogP contribution in [0.3, 0.4) is 0 Å². The first-order chi connectivity index (χ1) is 24.3. The highest BCUT2D eigenvalue weighted by molar-refractivity contribution is 6.90. The molecule has 0 saturated carbocycles. The third-order valence-corrected chi connectivity index (χ3v) is 17.2. The minimum absolute atomic E-state index is 0.0406. The van der Waals surface area contributed by atoms with Crippen molar-refractivity contribution < 1.29 is 32.1 Å². The number of hydrogen-bond donors (Lipinski definition) is 0. The van der Waals surface area contributed by atoms with Crippen LogP contribution in [0.2, 0.25) is 16.6 Å². The summed E-state index contributed by atoms with van der Waals surface area (Å²) in [5, 5.41) is 1.22. The van der Waals surface area contributed by atoms with Crippen molar-refractivity contribution in [2.45, 2.75) is 89.1 Å². The molecule has 2 aromatic heterocycles.